The molecule has 0 aliphatic heterocycles. The van der Waals surface area contributed by atoms with Crippen molar-refractivity contribution < 1.29 is 4.74 Å². The molecule has 3 rings (SSSR count). The molecule has 2 aliphatic rings. The first kappa shape index (κ1) is 9.17. The van der Waals surface area contributed by atoms with Crippen LogP contribution in [0.5, 0.6) is 0 Å². The van der Waals surface area contributed by atoms with Crippen molar-refractivity contribution in [1.29, 1.82) is 0 Å². The first-order chi connectivity index (χ1) is 7.42. The number of benzene rings is 1. The smallest absolute Gasteiger partial charge is 0.0720 e. The number of hydrogen-bond acceptors (Lipinski definition) is 1. The summed E-state index contributed by atoms with van der Waals surface area (Å²) in [7, 11) is 0. The Hall–Kier alpha value is -1.08. The molecule has 3 atom stereocenters. The van der Waals surface area contributed by atoms with Crippen molar-refractivity contribution in [3.63, 3.8) is 0 Å². The van der Waals surface area contributed by atoms with Gasteiger partial charge in [0.15, 0.2) is 0 Å². The van der Waals surface area contributed by atoms with E-state index in [4.69, 9.17) is 4.74 Å². The maximum atomic E-state index is 5.97. The van der Waals surface area contributed by atoms with Crippen molar-refractivity contribution in [2.75, 3.05) is 0 Å². The van der Waals surface area contributed by atoms with Crippen LogP contribution in [-0.2, 0) is 11.3 Å². The van der Waals surface area contributed by atoms with Crippen molar-refractivity contribution in [2.24, 2.45) is 11.8 Å². The summed E-state index contributed by atoms with van der Waals surface area (Å²) < 4.78 is 5.97. The lowest BCUT2D eigenvalue weighted by molar-refractivity contribution is 0.0245. The van der Waals surface area contributed by atoms with Gasteiger partial charge in [-0.3, -0.25) is 0 Å². The molecule has 0 N–H and O–H groups in total. The number of ether oxygens (including phenoxy) is 1. The molecular weight excluding hydrogens is 184 g/mol. The molecule has 1 fully saturated rings. The summed E-state index contributed by atoms with van der Waals surface area (Å²) in [5.41, 5.74) is 1.28. The van der Waals surface area contributed by atoms with Gasteiger partial charge in [0.1, 0.15) is 0 Å². The molecule has 1 aromatic carbocycles. The predicted molar refractivity (Wildman–Crippen MR) is 60.4 cm³/mol. The normalized spacial score (nSPS) is 32.4. The maximum Gasteiger partial charge on any atom is 0.0720 e. The van der Waals surface area contributed by atoms with E-state index in [-0.39, 0.29) is 0 Å². The van der Waals surface area contributed by atoms with Crippen LogP contribution in [0.4, 0.5) is 0 Å². The van der Waals surface area contributed by atoms with Gasteiger partial charge in [-0.1, -0.05) is 42.5 Å². The minimum atomic E-state index is 0.472. The van der Waals surface area contributed by atoms with Crippen molar-refractivity contribution in [1.82, 2.24) is 0 Å². The highest BCUT2D eigenvalue weighted by Crippen LogP contribution is 2.40. The van der Waals surface area contributed by atoms with Gasteiger partial charge in [0.05, 0.1) is 12.7 Å². The summed E-state index contributed by atoms with van der Waals surface area (Å²) in [6.45, 7) is 0.766. The van der Waals surface area contributed by atoms with E-state index in [2.05, 4.69) is 36.4 Å². The van der Waals surface area contributed by atoms with Gasteiger partial charge in [-0.05, 0) is 24.3 Å². The van der Waals surface area contributed by atoms with E-state index in [9.17, 15) is 0 Å². The fourth-order valence-electron chi connectivity index (χ4n) is 2.70. The third-order valence-corrected chi connectivity index (χ3v) is 3.52. The van der Waals surface area contributed by atoms with Gasteiger partial charge in [-0.25, -0.2) is 0 Å². The Morgan fingerprint density at radius 1 is 1.07 bits per heavy atom. The fourth-order valence-corrected chi connectivity index (χ4v) is 2.70. The van der Waals surface area contributed by atoms with Gasteiger partial charge in [0, 0.05) is 5.92 Å². The average molecular weight is 200 g/mol. The molecule has 1 heteroatoms. The number of rotatable bonds is 3. The first-order valence-electron chi connectivity index (χ1n) is 5.75. The molecule has 1 saturated carbocycles. The van der Waals surface area contributed by atoms with Crippen LogP contribution in [0, 0.1) is 11.8 Å². The van der Waals surface area contributed by atoms with E-state index < -0.39 is 0 Å². The molecule has 2 unspecified atom stereocenters. The number of hydrogen-bond donors (Lipinski definition) is 0. The molecule has 15 heavy (non-hydrogen) atoms. The summed E-state index contributed by atoms with van der Waals surface area (Å²) in [6, 6.07) is 10.4. The van der Waals surface area contributed by atoms with Crippen LogP contribution in [0.25, 0.3) is 0 Å². The zero-order chi connectivity index (χ0) is 10.1. The molecule has 0 spiro atoms. The molecule has 78 valence electrons. The topological polar surface area (TPSA) is 9.23 Å². The Bertz CT molecular complexity index is 355. The molecule has 0 amide bonds. The third-order valence-electron chi connectivity index (χ3n) is 3.52. The zero-order valence-corrected chi connectivity index (χ0v) is 8.80. The van der Waals surface area contributed by atoms with Crippen LogP contribution in [0.15, 0.2) is 42.5 Å². The Morgan fingerprint density at radius 2 is 1.93 bits per heavy atom. The van der Waals surface area contributed by atoms with E-state index in [1.807, 2.05) is 6.07 Å². The lowest BCUT2D eigenvalue weighted by atomic mass is 10.0. The molecule has 0 saturated heterocycles. The number of fused-ring (bicyclic) bond motifs is 2. The van der Waals surface area contributed by atoms with E-state index in [1.165, 1.54) is 18.4 Å². The van der Waals surface area contributed by atoms with Crippen molar-refractivity contribution >= 4 is 0 Å². The molecule has 0 heterocycles. The molecule has 0 radical (unpaired) electrons. The quantitative estimate of drug-likeness (QED) is 0.681. The summed E-state index contributed by atoms with van der Waals surface area (Å²) in [5.74, 6) is 1.49. The van der Waals surface area contributed by atoms with Gasteiger partial charge in [0.25, 0.3) is 0 Å². The van der Waals surface area contributed by atoms with Gasteiger partial charge in [0.2, 0.25) is 0 Å². The predicted octanol–water partition coefficient (Wildman–Crippen LogP) is 3.17. The lowest BCUT2D eigenvalue weighted by Crippen LogP contribution is -2.17. The maximum absolute atomic E-state index is 5.97. The summed E-state index contributed by atoms with van der Waals surface area (Å²) in [4.78, 5) is 0. The van der Waals surface area contributed by atoms with Crippen LogP contribution < -0.4 is 0 Å². The Kier molecular flexibility index (Phi) is 2.34. The second kappa shape index (κ2) is 3.82. The highest BCUT2D eigenvalue weighted by molar-refractivity contribution is 5.14. The molecule has 1 aromatic rings. The molecule has 2 bridgehead atoms. The first-order valence-corrected chi connectivity index (χ1v) is 5.75. The zero-order valence-electron chi connectivity index (χ0n) is 8.80. The third kappa shape index (κ3) is 1.84. The molecule has 0 aromatic heterocycles. The van der Waals surface area contributed by atoms with E-state index in [1.54, 1.807) is 0 Å². The Balaban J connectivity index is 1.57. The van der Waals surface area contributed by atoms with Crippen molar-refractivity contribution in [3.8, 4) is 0 Å². The Morgan fingerprint density at radius 3 is 2.60 bits per heavy atom. The van der Waals surface area contributed by atoms with E-state index in [0.717, 1.165) is 12.5 Å². The lowest BCUT2D eigenvalue weighted by Gasteiger charge is -2.18. The fraction of sp³-hybridized carbons (Fsp3) is 0.429. The van der Waals surface area contributed by atoms with Crippen LogP contribution in [0.1, 0.15) is 18.4 Å². The Labute approximate surface area is 90.8 Å². The van der Waals surface area contributed by atoms with Crippen molar-refractivity contribution in [2.45, 2.75) is 25.6 Å². The highest BCUT2D eigenvalue weighted by Gasteiger charge is 2.36. The standard InChI is InChI=1S/C14H16O/c1-2-4-11(5-3-1)10-15-14-9-12-6-7-13(14)8-12/h1-7,12-14H,8-10H2/t12?,13?,14-/m1/s1. The van der Waals surface area contributed by atoms with Crippen molar-refractivity contribution in [3.05, 3.63) is 48.0 Å². The van der Waals surface area contributed by atoms with Gasteiger partial charge in [-0.15, -0.1) is 0 Å². The average Bonchev–Trinajstić information content (AvgIpc) is 2.89. The SMILES string of the molecule is C1=CC2CC1C[C@H]2OCc1ccccc1. The molecule has 1 nitrogen and oxygen atoms in total. The van der Waals surface area contributed by atoms with Gasteiger partial charge < -0.3 is 4.74 Å². The van der Waals surface area contributed by atoms with Crippen LogP contribution in [0.3, 0.4) is 0 Å². The van der Waals surface area contributed by atoms with Crippen LogP contribution >= 0.6 is 0 Å². The van der Waals surface area contributed by atoms with Gasteiger partial charge in [-0.2, -0.15) is 0 Å². The summed E-state index contributed by atoms with van der Waals surface area (Å²) >= 11 is 0. The molecule has 2 aliphatic carbocycles. The minimum Gasteiger partial charge on any atom is -0.373 e. The largest absolute Gasteiger partial charge is 0.373 e. The molecular formula is C14H16O. The second-order valence-corrected chi connectivity index (χ2v) is 4.62. The highest BCUT2D eigenvalue weighted by atomic mass is 16.5. The summed E-state index contributed by atoms with van der Waals surface area (Å²) in [5, 5.41) is 0. The monoisotopic (exact) mass is 200 g/mol. The van der Waals surface area contributed by atoms with Crippen LogP contribution in [0.2, 0.25) is 0 Å². The van der Waals surface area contributed by atoms with Gasteiger partial charge >= 0.3 is 0 Å². The second-order valence-electron chi connectivity index (χ2n) is 4.62. The number of allylic oxidation sites excluding steroid dienone is 1. The van der Waals surface area contributed by atoms with Crippen LogP contribution in [-0.4, -0.2) is 6.10 Å². The van der Waals surface area contributed by atoms with E-state index >= 15 is 0 Å². The summed E-state index contributed by atoms with van der Waals surface area (Å²) in [6.07, 6.45) is 7.71. The van der Waals surface area contributed by atoms with E-state index in [0.29, 0.717) is 12.0 Å². The minimum absolute atomic E-state index is 0.472.